The van der Waals surface area contributed by atoms with E-state index >= 15 is 0 Å². The molecule has 140 valence electrons. The Morgan fingerprint density at radius 2 is 1.44 bits per heavy atom. The Balaban J connectivity index is 2.46. The van der Waals surface area contributed by atoms with Gasteiger partial charge in [-0.05, 0) is 17.0 Å². The topological polar surface area (TPSA) is 68.3 Å². The summed E-state index contributed by atoms with van der Waals surface area (Å²) < 4.78 is 0. The third-order valence-electron chi connectivity index (χ3n) is 4.90. The number of hydrogen-bond donors (Lipinski definition) is 0. The molecule has 27 heavy (non-hydrogen) atoms. The van der Waals surface area contributed by atoms with Crippen molar-refractivity contribution in [2.45, 2.75) is 38.0 Å². The second-order valence-electron chi connectivity index (χ2n) is 6.53. The van der Waals surface area contributed by atoms with Crippen LogP contribution in [0.5, 0.6) is 0 Å². The van der Waals surface area contributed by atoms with Gasteiger partial charge in [-0.3, -0.25) is 9.59 Å². The smallest absolute Gasteiger partial charge is 0.206 e. The van der Waals surface area contributed by atoms with Crippen LogP contribution in [0, 0.1) is 5.92 Å². The molecule has 0 radical (unpaired) electrons. The fourth-order valence-electron chi connectivity index (χ4n) is 3.54. The highest BCUT2D eigenvalue weighted by Gasteiger charge is 2.37. The van der Waals surface area contributed by atoms with Gasteiger partial charge in [0, 0.05) is 18.8 Å². The molecule has 0 bridgehead atoms. The van der Waals surface area contributed by atoms with Crippen LogP contribution in [0.3, 0.4) is 0 Å². The third kappa shape index (κ3) is 5.07. The summed E-state index contributed by atoms with van der Waals surface area (Å²) in [6, 6.07) is 18.4. The third-order valence-corrected chi connectivity index (χ3v) is 4.90. The Morgan fingerprint density at radius 1 is 0.889 bits per heavy atom. The predicted molar refractivity (Wildman–Crippen MR) is 104 cm³/mol. The summed E-state index contributed by atoms with van der Waals surface area (Å²) >= 11 is 0. The Kier molecular flexibility index (Phi) is 7.80. The minimum absolute atomic E-state index is 0.0265. The second kappa shape index (κ2) is 10.3. The molecule has 0 aromatic heterocycles. The fraction of sp³-hybridized carbons (Fsp3) is 0.304. The van der Waals surface area contributed by atoms with Crippen molar-refractivity contribution in [3.63, 3.8) is 0 Å². The van der Waals surface area contributed by atoms with E-state index in [0.29, 0.717) is 12.7 Å². The Hall–Kier alpha value is -2.88. The predicted octanol–water partition coefficient (Wildman–Crippen LogP) is 3.90. The molecule has 0 fully saturated rings. The molecule has 4 heteroatoms. The van der Waals surface area contributed by atoms with Crippen molar-refractivity contribution in [2.75, 3.05) is 0 Å². The molecule has 3 atom stereocenters. The molecule has 0 aliphatic heterocycles. The van der Waals surface area contributed by atoms with Crippen LogP contribution in [-0.4, -0.2) is 24.1 Å². The van der Waals surface area contributed by atoms with Crippen molar-refractivity contribution in [3.8, 4) is 0 Å². The first-order valence-corrected chi connectivity index (χ1v) is 9.19. The number of benzene rings is 2. The van der Waals surface area contributed by atoms with Gasteiger partial charge in [0.2, 0.25) is 5.78 Å². The number of ketones is 2. The lowest BCUT2D eigenvalue weighted by molar-refractivity contribution is -0.138. The molecule has 4 nitrogen and oxygen atoms in total. The van der Waals surface area contributed by atoms with E-state index in [1.807, 2.05) is 67.6 Å². The van der Waals surface area contributed by atoms with Gasteiger partial charge in [-0.2, -0.15) is 0 Å². The van der Waals surface area contributed by atoms with Crippen LogP contribution >= 0.6 is 0 Å². The van der Waals surface area contributed by atoms with Gasteiger partial charge < -0.3 is 9.59 Å². The summed E-state index contributed by atoms with van der Waals surface area (Å²) in [6.45, 7) is 1.92. The fourth-order valence-corrected chi connectivity index (χ4v) is 3.54. The van der Waals surface area contributed by atoms with Gasteiger partial charge in [0.05, 0.1) is 5.92 Å². The Bertz CT molecular complexity index is 767. The first kappa shape index (κ1) is 20.4. The minimum Gasteiger partial charge on any atom is -0.303 e. The molecular weight excluding hydrogens is 340 g/mol. The highest BCUT2D eigenvalue weighted by Crippen LogP contribution is 2.38. The van der Waals surface area contributed by atoms with Gasteiger partial charge in [-0.15, -0.1) is 0 Å². The van der Waals surface area contributed by atoms with E-state index in [0.717, 1.165) is 17.4 Å². The van der Waals surface area contributed by atoms with E-state index in [1.165, 1.54) is 0 Å². The van der Waals surface area contributed by atoms with Crippen LogP contribution in [0.1, 0.15) is 49.1 Å². The van der Waals surface area contributed by atoms with E-state index in [-0.39, 0.29) is 18.8 Å². The van der Waals surface area contributed by atoms with Crippen molar-refractivity contribution in [1.29, 1.82) is 0 Å². The summed E-state index contributed by atoms with van der Waals surface area (Å²) in [5, 5.41) is 0. The largest absolute Gasteiger partial charge is 0.303 e. The molecule has 0 amide bonds. The Morgan fingerprint density at radius 3 is 1.93 bits per heavy atom. The number of aldehydes is 2. The average molecular weight is 364 g/mol. The number of hydrogen-bond acceptors (Lipinski definition) is 4. The Labute approximate surface area is 159 Å². The molecule has 0 aliphatic rings. The van der Waals surface area contributed by atoms with Crippen molar-refractivity contribution >= 4 is 24.1 Å². The van der Waals surface area contributed by atoms with Gasteiger partial charge >= 0.3 is 0 Å². The van der Waals surface area contributed by atoms with Gasteiger partial charge in [-0.1, -0.05) is 74.0 Å². The second-order valence-corrected chi connectivity index (χ2v) is 6.53. The lowest BCUT2D eigenvalue weighted by atomic mass is 9.71. The minimum atomic E-state index is -0.717. The monoisotopic (exact) mass is 364 g/mol. The van der Waals surface area contributed by atoms with Crippen LogP contribution in [0.2, 0.25) is 0 Å². The summed E-state index contributed by atoms with van der Waals surface area (Å²) in [6.07, 6.45) is 1.99. The number of Topliss-reactive ketones (excluding diaryl/α,β-unsaturated/α-hetero) is 2. The number of rotatable bonds is 11. The molecule has 0 N–H and O–H groups in total. The lowest BCUT2D eigenvalue weighted by Gasteiger charge is -2.30. The maximum Gasteiger partial charge on any atom is 0.206 e. The average Bonchev–Trinajstić information content (AvgIpc) is 2.73. The molecule has 2 aromatic carbocycles. The zero-order valence-corrected chi connectivity index (χ0v) is 15.4. The first-order chi connectivity index (χ1) is 13.1. The molecule has 3 unspecified atom stereocenters. The summed E-state index contributed by atoms with van der Waals surface area (Å²) in [5.74, 6) is -2.65. The summed E-state index contributed by atoms with van der Waals surface area (Å²) in [5.41, 5.74) is 1.55. The first-order valence-electron chi connectivity index (χ1n) is 9.19. The molecule has 0 saturated carbocycles. The van der Waals surface area contributed by atoms with Crippen LogP contribution in [0.15, 0.2) is 60.7 Å². The SMILES string of the molecule is CCC(C(C=O)c1ccccc1)C(C(=O)C(=O)CCC=O)c1ccccc1. The van der Waals surface area contributed by atoms with Crippen molar-refractivity contribution in [1.82, 2.24) is 0 Å². The lowest BCUT2D eigenvalue weighted by Crippen LogP contribution is -2.32. The van der Waals surface area contributed by atoms with Crippen molar-refractivity contribution < 1.29 is 19.2 Å². The van der Waals surface area contributed by atoms with E-state index in [1.54, 1.807) is 0 Å². The van der Waals surface area contributed by atoms with Crippen molar-refractivity contribution in [3.05, 3.63) is 71.8 Å². The van der Waals surface area contributed by atoms with Crippen LogP contribution in [0.25, 0.3) is 0 Å². The van der Waals surface area contributed by atoms with Gasteiger partial charge in [0.25, 0.3) is 0 Å². The zero-order valence-electron chi connectivity index (χ0n) is 15.4. The van der Waals surface area contributed by atoms with Gasteiger partial charge in [0.1, 0.15) is 12.6 Å². The van der Waals surface area contributed by atoms with Crippen molar-refractivity contribution in [2.24, 2.45) is 5.92 Å². The zero-order chi connectivity index (χ0) is 19.6. The highest BCUT2D eigenvalue weighted by molar-refractivity contribution is 6.39. The molecule has 2 aromatic rings. The molecule has 0 spiro atoms. The molecular formula is C23H24O4. The maximum atomic E-state index is 13.0. The van der Waals surface area contributed by atoms with E-state index in [4.69, 9.17) is 0 Å². The van der Waals surface area contributed by atoms with Gasteiger partial charge in [0.15, 0.2) is 5.78 Å². The molecule has 0 aliphatic carbocycles. The van der Waals surface area contributed by atoms with Gasteiger partial charge in [-0.25, -0.2) is 0 Å². The van der Waals surface area contributed by atoms with E-state index < -0.39 is 23.4 Å². The summed E-state index contributed by atoms with van der Waals surface area (Å²) in [4.78, 5) is 48.0. The van der Waals surface area contributed by atoms with Crippen LogP contribution in [0.4, 0.5) is 0 Å². The summed E-state index contributed by atoms with van der Waals surface area (Å²) in [7, 11) is 0. The quantitative estimate of drug-likeness (QED) is 0.448. The molecule has 2 rings (SSSR count). The number of carbonyl (C=O) groups is 4. The number of carbonyl (C=O) groups excluding carboxylic acids is 4. The van der Waals surface area contributed by atoms with E-state index in [2.05, 4.69) is 0 Å². The molecule has 0 heterocycles. The highest BCUT2D eigenvalue weighted by atomic mass is 16.2. The van der Waals surface area contributed by atoms with Crippen LogP contribution in [-0.2, 0) is 19.2 Å². The molecule has 0 saturated heterocycles. The van der Waals surface area contributed by atoms with Crippen LogP contribution < -0.4 is 0 Å². The van der Waals surface area contributed by atoms with E-state index in [9.17, 15) is 19.2 Å². The normalized spacial score (nSPS) is 14.0. The standard InChI is InChI=1S/C23H24O4/c1-2-19(20(16-25)17-10-5-3-6-11-17)22(18-12-7-4-8-13-18)23(27)21(26)14-9-15-24/h3-8,10-13,15-16,19-20,22H,2,9,14H2,1H3. The maximum absolute atomic E-state index is 13.0.